The second-order valence-corrected chi connectivity index (χ2v) is 6.16. The third-order valence-electron chi connectivity index (χ3n) is 4.66. The van der Waals surface area contributed by atoms with Gasteiger partial charge in [-0.2, -0.15) is 5.10 Å². The largest absolute Gasteiger partial charge is 0.474 e. The van der Waals surface area contributed by atoms with Crippen LogP contribution in [0, 0.1) is 0 Å². The van der Waals surface area contributed by atoms with E-state index in [0.717, 1.165) is 48.5 Å². The molecule has 0 unspecified atom stereocenters. The topological polar surface area (TPSA) is 54.0 Å². The summed E-state index contributed by atoms with van der Waals surface area (Å²) in [5, 5.41) is 8.70. The van der Waals surface area contributed by atoms with Gasteiger partial charge in [0.25, 0.3) is 0 Å². The zero-order valence-electron chi connectivity index (χ0n) is 12.3. The maximum Gasteiger partial charge on any atom is 0.227 e. The Morgan fingerprint density at radius 1 is 1.10 bits per heavy atom. The molecule has 0 amide bonds. The first kappa shape index (κ1) is 12.9. The molecule has 2 aromatic rings. The lowest BCUT2D eigenvalue weighted by molar-refractivity contribution is 0.151. The van der Waals surface area contributed by atoms with Gasteiger partial charge in [0.1, 0.15) is 11.5 Å². The number of aromatic amines is 1. The van der Waals surface area contributed by atoms with Crippen LogP contribution in [0.1, 0.15) is 44.9 Å². The van der Waals surface area contributed by atoms with Gasteiger partial charge < -0.3 is 9.64 Å². The Kier molecular flexibility index (Phi) is 3.41. The number of aromatic nitrogens is 3. The van der Waals surface area contributed by atoms with Gasteiger partial charge in [0.15, 0.2) is 5.82 Å². The molecule has 5 nitrogen and oxygen atoms in total. The number of rotatable bonds is 3. The molecule has 1 N–H and O–H groups in total. The first-order valence-electron chi connectivity index (χ1n) is 8.16. The Labute approximate surface area is 124 Å². The average Bonchev–Trinajstić information content (AvgIpc) is 3.17. The van der Waals surface area contributed by atoms with Gasteiger partial charge in [-0.1, -0.05) is 6.42 Å². The summed E-state index contributed by atoms with van der Waals surface area (Å²) in [4.78, 5) is 6.84. The summed E-state index contributed by atoms with van der Waals surface area (Å²) in [6, 6.07) is 1.98. The van der Waals surface area contributed by atoms with Crippen molar-refractivity contribution in [3.63, 3.8) is 0 Å². The third kappa shape index (κ3) is 2.45. The SMILES string of the molecule is c1cc2[nH]nc(N3CCCC3)c2c(OC2CCCCC2)n1. The van der Waals surface area contributed by atoms with Gasteiger partial charge in [-0.05, 0) is 44.6 Å². The zero-order valence-corrected chi connectivity index (χ0v) is 12.3. The molecule has 1 aliphatic carbocycles. The van der Waals surface area contributed by atoms with Crippen LogP contribution >= 0.6 is 0 Å². The van der Waals surface area contributed by atoms with Crippen molar-refractivity contribution in [2.45, 2.75) is 51.0 Å². The molecule has 4 rings (SSSR count). The molecule has 112 valence electrons. The van der Waals surface area contributed by atoms with Crippen LogP contribution in [0.5, 0.6) is 5.88 Å². The fourth-order valence-corrected chi connectivity index (χ4v) is 3.51. The summed E-state index contributed by atoms with van der Waals surface area (Å²) in [5.41, 5.74) is 1.03. The lowest BCUT2D eigenvalue weighted by Crippen LogP contribution is -2.21. The molecule has 2 aliphatic rings. The van der Waals surface area contributed by atoms with Crippen LogP contribution in [-0.4, -0.2) is 34.4 Å². The van der Waals surface area contributed by atoms with Crippen molar-refractivity contribution in [3.8, 4) is 5.88 Å². The number of hydrogen-bond donors (Lipinski definition) is 1. The summed E-state index contributed by atoms with van der Waals surface area (Å²) in [7, 11) is 0. The zero-order chi connectivity index (χ0) is 14.1. The van der Waals surface area contributed by atoms with E-state index in [2.05, 4.69) is 20.1 Å². The van der Waals surface area contributed by atoms with Crippen molar-refractivity contribution >= 4 is 16.7 Å². The molecule has 0 atom stereocenters. The molecule has 21 heavy (non-hydrogen) atoms. The predicted molar refractivity (Wildman–Crippen MR) is 82.8 cm³/mol. The molecular formula is C16H22N4O. The molecule has 2 aromatic heterocycles. The number of anilines is 1. The van der Waals surface area contributed by atoms with Crippen LogP contribution in [0.25, 0.3) is 10.9 Å². The highest BCUT2D eigenvalue weighted by Gasteiger charge is 2.23. The third-order valence-corrected chi connectivity index (χ3v) is 4.66. The van der Waals surface area contributed by atoms with Crippen molar-refractivity contribution < 1.29 is 4.74 Å². The van der Waals surface area contributed by atoms with Crippen molar-refractivity contribution in [2.75, 3.05) is 18.0 Å². The van der Waals surface area contributed by atoms with Crippen molar-refractivity contribution in [2.24, 2.45) is 0 Å². The summed E-state index contributed by atoms with van der Waals surface area (Å²) < 4.78 is 6.23. The van der Waals surface area contributed by atoms with Gasteiger partial charge >= 0.3 is 0 Å². The quantitative estimate of drug-likeness (QED) is 0.941. The number of H-pyrrole nitrogens is 1. The van der Waals surface area contributed by atoms with Crippen LogP contribution in [-0.2, 0) is 0 Å². The highest BCUT2D eigenvalue weighted by molar-refractivity contribution is 5.94. The Bertz CT molecular complexity index is 612. The molecule has 3 heterocycles. The number of hydrogen-bond acceptors (Lipinski definition) is 4. The lowest BCUT2D eigenvalue weighted by Gasteiger charge is -2.23. The van der Waals surface area contributed by atoms with Crippen LogP contribution in [0.3, 0.4) is 0 Å². The van der Waals surface area contributed by atoms with E-state index >= 15 is 0 Å². The van der Waals surface area contributed by atoms with Crippen LogP contribution in [0.2, 0.25) is 0 Å². The average molecular weight is 286 g/mol. The fraction of sp³-hybridized carbons (Fsp3) is 0.625. The van der Waals surface area contributed by atoms with Crippen molar-refractivity contribution in [1.29, 1.82) is 0 Å². The summed E-state index contributed by atoms with van der Waals surface area (Å²) in [6.07, 6.45) is 10.8. The monoisotopic (exact) mass is 286 g/mol. The van der Waals surface area contributed by atoms with E-state index in [4.69, 9.17) is 4.74 Å². The normalized spacial score (nSPS) is 20.3. The van der Waals surface area contributed by atoms with E-state index in [9.17, 15) is 0 Å². The standard InChI is InChI=1S/C16H22N4O/c1-2-6-12(7-3-1)21-16-14-13(8-9-17-16)18-19-15(14)20-10-4-5-11-20/h8-9,12H,1-7,10-11H2,(H,18,19). The minimum Gasteiger partial charge on any atom is -0.474 e. The minimum absolute atomic E-state index is 0.318. The number of nitrogens with one attached hydrogen (secondary N) is 1. The Morgan fingerprint density at radius 3 is 2.71 bits per heavy atom. The summed E-state index contributed by atoms with van der Waals surface area (Å²) in [5.74, 6) is 1.77. The van der Waals surface area contributed by atoms with Gasteiger partial charge in [-0.3, -0.25) is 5.10 Å². The molecule has 0 bridgehead atoms. The lowest BCUT2D eigenvalue weighted by atomic mass is 9.98. The van der Waals surface area contributed by atoms with Crippen LogP contribution < -0.4 is 9.64 Å². The number of fused-ring (bicyclic) bond motifs is 1. The molecule has 0 radical (unpaired) electrons. The molecule has 2 fully saturated rings. The van der Waals surface area contributed by atoms with Gasteiger partial charge in [0, 0.05) is 19.3 Å². The molecular weight excluding hydrogens is 264 g/mol. The van der Waals surface area contributed by atoms with E-state index in [1.54, 1.807) is 0 Å². The summed E-state index contributed by atoms with van der Waals surface area (Å²) >= 11 is 0. The van der Waals surface area contributed by atoms with Crippen LogP contribution in [0.15, 0.2) is 12.3 Å². The second kappa shape index (κ2) is 5.54. The molecule has 1 saturated carbocycles. The maximum atomic E-state index is 6.23. The highest BCUT2D eigenvalue weighted by atomic mass is 16.5. The molecule has 0 spiro atoms. The first-order chi connectivity index (χ1) is 10.4. The maximum absolute atomic E-state index is 6.23. The van der Waals surface area contributed by atoms with E-state index in [1.165, 1.54) is 32.1 Å². The molecule has 0 aromatic carbocycles. The Balaban J connectivity index is 1.68. The smallest absolute Gasteiger partial charge is 0.227 e. The molecule has 1 aliphatic heterocycles. The Morgan fingerprint density at radius 2 is 1.90 bits per heavy atom. The van der Waals surface area contributed by atoms with Gasteiger partial charge in [0.05, 0.1) is 5.52 Å². The predicted octanol–water partition coefficient (Wildman–Crippen LogP) is 3.27. The fourth-order valence-electron chi connectivity index (χ4n) is 3.51. The van der Waals surface area contributed by atoms with Crippen LogP contribution in [0.4, 0.5) is 5.82 Å². The second-order valence-electron chi connectivity index (χ2n) is 6.16. The number of ether oxygens (including phenoxy) is 1. The van der Waals surface area contributed by atoms with E-state index in [1.807, 2.05) is 12.3 Å². The summed E-state index contributed by atoms with van der Waals surface area (Å²) in [6.45, 7) is 2.16. The van der Waals surface area contributed by atoms with E-state index in [0.29, 0.717) is 6.10 Å². The van der Waals surface area contributed by atoms with E-state index < -0.39 is 0 Å². The number of nitrogens with zero attached hydrogens (tertiary/aromatic N) is 3. The van der Waals surface area contributed by atoms with Gasteiger partial charge in [-0.15, -0.1) is 0 Å². The van der Waals surface area contributed by atoms with Crippen molar-refractivity contribution in [1.82, 2.24) is 15.2 Å². The molecule has 5 heteroatoms. The minimum atomic E-state index is 0.318. The van der Waals surface area contributed by atoms with Crippen molar-refractivity contribution in [3.05, 3.63) is 12.3 Å². The molecule has 1 saturated heterocycles. The van der Waals surface area contributed by atoms with Gasteiger partial charge in [0.2, 0.25) is 5.88 Å². The first-order valence-corrected chi connectivity index (χ1v) is 8.16. The number of pyridine rings is 1. The highest BCUT2D eigenvalue weighted by Crippen LogP contribution is 2.34. The van der Waals surface area contributed by atoms with E-state index in [-0.39, 0.29) is 0 Å². The Hall–Kier alpha value is -1.78. The van der Waals surface area contributed by atoms with Gasteiger partial charge in [-0.25, -0.2) is 4.98 Å².